The van der Waals surface area contributed by atoms with Gasteiger partial charge in [-0.1, -0.05) is 185 Å². The summed E-state index contributed by atoms with van der Waals surface area (Å²) in [5.74, 6) is 1.26. The number of rotatable bonds is 21. The number of phenolic OH excluding ortho intramolecular Hbond substituents is 3. The predicted octanol–water partition coefficient (Wildman–Crippen LogP) is 27.3. The lowest BCUT2D eigenvalue weighted by atomic mass is 9.78. The molecule has 0 fully saturated rings. The van der Waals surface area contributed by atoms with E-state index in [1.807, 2.05) is 60.7 Å². The highest BCUT2D eigenvalue weighted by atomic mass is 16.3. The van der Waals surface area contributed by atoms with E-state index in [2.05, 4.69) is 385 Å². The van der Waals surface area contributed by atoms with Crippen molar-refractivity contribution in [1.29, 1.82) is 0 Å². The summed E-state index contributed by atoms with van der Waals surface area (Å²) < 4.78 is 0. The lowest BCUT2D eigenvalue weighted by Gasteiger charge is -2.28. The van der Waals surface area contributed by atoms with E-state index in [4.69, 9.17) is 0 Å². The molecule has 12 aromatic rings. The topological polar surface area (TPSA) is 169 Å². The molecule has 12 aromatic carbocycles. The Bertz CT molecular complexity index is 4860. The van der Waals surface area contributed by atoms with Crippen LogP contribution in [0.5, 0.6) is 17.2 Å². The molecule has 12 nitrogen and oxygen atoms in total. The molecule has 12 N–H and O–H groups in total. The van der Waals surface area contributed by atoms with Crippen LogP contribution in [0.3, 0.4) is 0 Å². The largest absolute Gasteiger partial charge is 0.507 e. The Labute approximate surface area is 661 Å². The zero-order chi connectivity index (χ0) is 79.9. The molecule has 0 saturated heterocycles. The van der Waals surface area contributed by atoms with E-state index in [1.54, 1.807) is 0 Å². The number of phenols is 3. The van der Waals surface area contributed by atoms with Gasteiger partial charge in [0.05, 0.1) is 0 Å². The monoisotopic (exact) mass is 1480 g/mol. The lowest BCUT2D eigenvalue weighted by molar-refractivity contribution is 0.422. The standard InChI is InChI=1S/C39H44N4O.C33H39N3O.C27H34N2O/c1-38(2,3)35-23-27(24-36(37(35)44)39(4,5)6)26-40-28-15-17-31(18-16-28)42-33-13-10-14-34(25-33)43-32-21-19-30(20-22-32)41-29-11-8-7-9-12-29;1-32(2,3)29-20-23(21-30(31(29)37)33(4,5)6)22-34-24-12-14-26(15-13-24)36-28-18-16-27(17-19-28)35-25-10-8-7-9-11-25;1-26(2,3)23-16-19(17-24(25(23)30)27(4,5)6)18-28-20-12-14-22(15-13-20)29-21-10-8-7-9-11-21/h7-25,40-44H,26H2,1-6H3;7-21,34-37H,22H2,1-6H3;7-17,28-30H,18H2,1-6H3. The Morgan fingerprint density at radius 2 is 0.333 bits per heavy atom. The van der Waals surface area contributed by atoms with Crippen LogP contribution in [0.15, 0.2) is 273 Å². The Kier molecular flexibility index (Phi) is 26.0. The first kappa shape index (κ1) is 81.8. The van der Waals surface area contributed by atoms with Crippen molar-refractivity contribution in [3.63, 3.8) is 0 Å². The molecule has 0 atom stereocenters. The average molecular weight is 1480 g/mol. The highest BCUT2D eigenvalue weighted by Gasteiger charge is 2.30. The second-order valence-electron chi connectivity index (χ2n) is 35.0. The van der Waals surface area contributed by atoms with E-state index in [9.17, 15) is 15.3 Å². The Morgan fingerprint density at radius 1 is 0.180 bits per heavy atom. The molecule has 0 unspecified atom stereocenters. The third kappa shape index (κ3) is 23.9. The molecule has 0 aliphatic rings. The Hall–Kier alpha value is -11.8. The van der Waals surface area contributed by atoms with Crippen molar-refractivity contribution in [3.8, 4) is 17.2 Å². The summed E-state index contributed by atoms with van der Waals surface area (Å²) in [6.45, 7) is 40.7. The summed E-state index contributed by atoms with van der Waals surface area (Å²) in [5, 5.41) is 64.2. The van der Waals surface area contributed by atoms with Crippen molar-refractivity contribution < 1.29 is 15.3 Å². The van der Waals surface area contributed by atoms with Gasteiger partial charge in [0.25, 0.3) is 0 Å². The minimum Gasteiger partial charge on any atom is -0.507 e. The SMILES string of the molecule is CC(C)(C)c1cc(CNc2ccc(Nc3ccc(Nc4ccccc4)cc3)cc2)cc(C(C)(C)C)c1O.CC(C)(C)c1cc(CNc2ccc(Nc3cccc(Nc4ccc(Nc5ccccc5)cc4)c3)cc2)cc(C(C)(C)C)c1O.CC(C)(C)c1cc(CNc2ccc(Nc3ccccc3)cc2)cc(C(C)(C)C)c1O. The van der Waals surface area contributed by atoms with Gasteiger partial charge < -0.3 is 63.2 Å². The van der Waals surface area contributed by atoms with Crippen LogP contribution in [-0.2, 0) is 52.1 Å². The highest BCUT2D eigenvalue weighted by molar-refractivity contribution is 5.72. The maximum absolute atomic E-state index is 11.0. The number of hydrogen-bond acceptors (Lipinski definition) is 12. The maximum Gasteiger partial charge on any atom is 0.123 e. The Balaban J connectivity index is 0.000000180. The van der Waals surface area contributed by atoms with Gasteiger partial charge in [-0.15, -0.1) is 0 Å². The molecule has 0 saturated carbocycles. The van der Waals surface area contributed by atoms with Crippen LogP contribution in [0.1, 0.15) is 175 Å². The molecule has 111 heavy (non-hydrogen) atoms. The van der Waals surface area contributed by atoms with E-state index >= 15 is 0 Å². The molecule has 0 aliphatic carbocycles. The fourth-order valence-electron chi connectivity index (χ4n) is 13.0. The van der Waals surface area contributed by atoms with Crippen LogP contribution < -0.4 is 47.9 Å². The minimum absolute atomic E-state index is 0.120. The molecule has 12 rings (SSSR count). The van der Waals surface area contributed by atoms with Crippen LogP contribution >= 0.6 is 0 Å². The zero-order valence-corrected chi connectivity index (χ0v) is 68.4. The first-order valence-corrected chi connectivity index (χ1v) is 38.7. The maximum atomic E-state index is 11.0. The Morgan fingerprint density at radius 3 is 0.514 bits per heavy atom. The van der Waals surface area contributed by atoms with Gasteiger partial charge in [-0.3, -0.25) is 0 Å². The van der Waals surface area contributed by atoms with E-state index < -0.39 is 0 Å². The van der Waals surface area contributed by atoms with E-state index in [0.717, 1.165) is 124 Å². The van der Waals surface area contributed by atoms with Crippen molar-refractivity contribution in [2.75, 3.05) is 47.9 Å². The summed E-state index contributed by atoms with van der Waals surface area (Å²) in [6.07, 6.45) is 0. The van der Waals surface area contributed by atoms with Crippen LogP contribution in [0.2, 0.25) is 0 Å². The summed E-state index contributed by atoms with van der Waals surface area (Å²) in [6, 6.07) is 93.1. The number of hydrogen-bond donors (Lipinski definition) is 12. The summed E-state index contributed by atoms with van der Waals surface area (Å²) in [4.78, 5) is 0. The third-order valence-electron chi connectivity index (χ3n) is 19.2. The summed E-state index contributed by atoms with van der Waals surface area (Å²) >= 11 is 0. The second kappa shape index (κ2) is 35.3. The molecular weight excluding hydrogens is 1360 g/mol. The number of benzene rings is 12. The van der Waals surface area contributed by atoms with Gasteiger partial charge in [-0.2, -0.15) is 0 Å². The number of nitrogens with one attached hydrogen (secondary N) is 9. The summed E-state index contributed by atoms with van der Waals surface area (Å²) in [7, 11) is 0. The second-order valence-corrected chi connectivity index (χ2v) is 35.0. The smallest absolute Gasteiger partial charge is 0.123 e. The van der Waals surface area contributed by atoms with Gasteiger partial charge in [0.1, 0.15) is 17.2 Å². The first-order valence-electron chi connectivity index (χ1n) is 38.7. The number of anilines is 15. The molecular formula is C99H117N9O3. The molecule has 0 heterocycles. The number of para-hydroxylation sites is 3. The summed E-state index contributed by atoms with van der Waals surface area (Å²) in [5.41, 5.74) is 24.3. The normalized spacial score (nSPS) is 11.7. The van der Waals surface area contributed by atoms with Crippen LogP contribution in [0.4, 0.5) is 85.3 Å². The zero-order valence-electron chi connectivity index (χ0n) is 68.4. The molecule has 0 radical (unpaired) electrons. The van der Waals surface area contributed by atoms with Crippen LogP contribution in [-0.4, -0.2) is 15.3 Å². The van der Waals surface area contributed by atoms with E-state index in [0.29, 0.717) is 36.9 Å². The average Bonchev–Trinajstić information content (AvgIpc) is 0.791. The predicted molar refractivity (Wildman–Crippen MR) is 476 cm³/mol. The molecule has 0 aliphatic heterocycles. The highest BCUT2D eigenvalue weighted by Crippen LogP contribution is 2.44. The van der Waals surface area contributed by atoms with Crippen LogP contribution in [0.25, 0.3) is 0 Å². The van der Waals surface area contributed by atoms with Gasteiger partial charge >= 0.3 is 0 Å². The quantitative estimate of drug-likeness (QED) is 0.0330. The van der Waals surface area contributed by atoms with E-state index in [1.165, 1.54) is 11.1 Å². The molecule has 0 aromatic heterocycles. The minimum atomic E-state index is -0.148. The van der Waals surface area contributed by atoms with Gasteiger partial charge in [0, 0.05) is 105 Å². The van der Waals surface area contributed by atoms with Gasteiger partial charge in [0.2, 0.25) is 0 Å². The van der Waals surface area contributed by atoms with Crippen molar-refractivity contribution in [1.82, 2.24) is 0 Å². The van der Waals surface area contributed by atoms with Crippen molar-refractivity contribution in [3.05, 3.63) is 323 Å². The number of aromatic hydroxyl groups is 3. The third-order valence-corrected chi connectivity index (χ3v) is 19.2. The fourth-order valence-corrected chi connectivity index (χ4v) is 13.0. The van der Waals surface area contributed by atoms with Gasteiger partial charge in [-0.05, 0) is 295 Å². The molecule has 0 spiro atoms. The van der Waals surface area contributed by atoms with Crippen molar-refractivity contribution in [2.24, 2.45) is 0 Å². The molecule has 576 valence electrons. The van der Waals surface area contributed by atoms with E-state index in [-0.39, 0.29) is 32.5 Å². The molecule has 0 amide bonds. The lowest BCUT2D eigenvalue weighted by Crippen LogP contribution is -2.18. The fraction of sp³-hybridized carbons (Fsp3) is 0.273. The van der Waals surface area contributed by atoms with Gasteiger partial charge in [-0.25, -0.2) is 0 Å². The molecule has 12 heteroatoms. The first-order chi connectivity index (χ1) is 52.5. The molecule has 0 bridgehead atoms. The van der Waals surface area contributed by atoms with Gasteiger partial charge in [0.15, 0.2) is 0 Å². The van der Waals surface area contributed by atoms with Crippen molar-refractivity contribution in [2.45, 2.75) is 177 Å². The van der Waals surface area contributed by atoms with Crippen LogP contribution in [0, 0.1) is 0 Å². The van der Waals surface area contributed by atoms with Crippen molar-refractivity contribution >= 4 is 85.3 Å².